The zero-order chi connectivity index (χ0) is 32.2. The molecule has 0 unspecified atom stereocenters. The quantitative estimate of drug-likeness (QED) is 0.554. The highest BCUT2D eigenvalue weighted by Crippen LogP contribution is 2.29. The highest BCUT2D eigenvalue weighted by molar-refractivity contribution is 7.93. The van der Waals surface area contributed by atoms with E-state index in [-0.39, 0.29) is 0 Å². The molecule has 1 aromatic carbocycles. The molecule has 10 heteroatoms. The fraction of sp³-hybridized carbons (Fsp3) is 0.211. The Labute approximate surface area is 190 Å². The Morgan fingerprint density at radius 3 is 2.79 bits per heavy atom. The number of ketones is 1. The van der Waals surface area contributed by atoms with Crippen molar-refractivity contribution in [3.63, 3.8) is 0 Å². The average molecular weight is 447 g/mol. The predicted octanol–water partition coefficient (Wildman–Crippen LogP) is 3.92. The van der Waals surface area contributed by atoms with Gasteiger partial charge in [-0.05, 0) is 56.0 Å². The monoisotopic (exact) mass is 446 g/mol. The van der Waals surface area contributed by atoms with Crippen LogP contribution < -0.4 is 10.0 Å². The van der Waals surface area contributed by atoms with Crippen LogP contribution in [-0.2, 0) is 10.0 Å². The number of aromatic nitrogens is 1. The van der Waals surface area contributed by atoms with Gasteiger partial charge in [-0.25, -0.2) is 13.1 Å². The number of amides is 1. The van der Waals surface area contributed by atoms with Crippen molar-refractivity contribution in [3.8, 4) is 0 Å². The maximum Gasteiger partial charge on any atom is 0.267 e. The third-order valence-electron chi connectivity index (χ3n) is 3.49. The van der Waals surface area contributed by atoms with Crippen LogP contribution in [-0.4, -0.2) is 25.3 Å². The second-order valence-corrected chi connectivity index (χ2v) is 8.01. The number of hydrogen-bond donors (Lipinski definition) is 2. The number of anilines is 2. The van der Waals surface area contributed by atoms with Crippen molar-refractivity contribution in [2.75, 3.05) is 10.0 Å². The molecule has 2 aromatic heterocycles. The molecule has 1 amide bonds. The fourth-order valence-electron chi connectivity index (χ4n) is 2.26. The van der Waals surface area contributed by atoms with Gasteiger partial charge >= 0.3 is 0 Å². The first-order valence-electron chi connectivity index (χ1n) is 14.0. The third-order valence-corrected chi connectivity index (χ3v) is 5.91. The van der Waals surface area contributed by atoms with Crippen LogP contribution in [0.25, 0.3) is 0 Å². The van der Waals surface area contributed by atoms with Gasteiger partial charge in [-0.2, -0.15) is 0 Å². The molecular weight excluding hydrogens is 414 g/mol. The molecule has 8 nitrogen and oxygen atoms in total. The van der Waals surface area contributed by atoms with Gasteiger partial charge in [0.25, 0.3) is 15.9 Å². The van der Waals surface area contributed by atoms with Gasteiger partial charge < -0.3 is 9.84 Å². The largest absolute Gasteiger partial charge is 0.338 e. The van der Waals surface area contributed by atoms with E-state index in [1.54, 1.807) is 4.72 Å². The molecule has 0 atom stereocenters. The number of thiophene rings is 1. The number of nitrogens with one attached hydrogen (secondary N) is 2. The smallest absolute Gasteiger partial charge is 0.267 e. The van der Waals surface area contributed by atoms with Crippen LogP contribution in [0.2, 0.25) is 0 Å². The first kappa shape index (κ1) is 9.68. The molecule has 2 heterocycles. The Balaban J connectivity index is 2.15. The van der Waals surface area contributed by atoms with Crippen LogP contribution >= 0.6 is 11.3 Å². The SMILES string of the molecule is [2H]c1noc(NS(=O)(=O)c2ccsc2C(=O)Nc2c(C(=O)C([2H])([2H])[2H])cc(C([2H])([2H])[2H])cc2C([2H])([2H])[2H])c1C([2H])([2H])[2H]. The maximum atomic E-state index is 13.3. The van der Waals surface area contributed by atoms with Gasteiger partial charge in [-0.15, -0.1) is 11.3 Å². The number of nitrogens with zero attached hydrogens (tertiary/aromatic N) is 1. The molecule has 3 rings (SSSR count). The van der Waals surface area contributed by atoms with E-state index in [9.17, 15) is 18.0 Å². The van der Waals surface area contributed by atoms with E-state index >= 15 is 0 Å². The van der Waals surface area contributed by atoms with Gasteiger partial charge in [0, 0.05) is 27.6 Å². The molecular formula is C19H19N3O5S2. The summed E-state index contributed by atoms with van der Waals surface area (Å²) < 4.78 is 131. The molecule has 152 valence electrons. The minimum atomic E-state index is -4.83. The summed E-state index contributed by atoms with van der Waals surface area (Å²) in [4.78, 5) is 24.7. The topological polar surface area (TPSA) is 118 Å². The predicted molar refractivity (Wildman–Crippen MR) is 110 cm³/mol. The lowest BCUT2D eigenvalue weighted by Crippen LogP contribution is -2.20. The summed E-state index contributed by atoms with van der Waals surface area (Å²) in [5.41, 5.74) is -4.31. The number of carbonyl (C=O) groups is 2. The lowest BCUT2D eigenvalue weighted by Gasteiger charge is -2.14. The Bertz CT molecular complexity index is 1650. The van der Waals surface area contributed by atoms with Crippen molar-refractivity contribution in [2.45, 2.75) is 32.3 Å². The number of Topliss-reactive ketones (excluding diaryl/α,β-unsaturated/α-hetero) is 1. The molecule has 0 saturated heterocycles. The van der Waals surface area contributed by atoms with Crippen molar-refractivity contribution < 1.29 is 40.3 Å². The Morgan fingerprint density at radius 1 is 1.24 bits per heavy atom. The van der Waals surface area contributed by atoms with Gasteiger partial charge in [0.1, 0.15) is 9.77 Å². The van der Waals surface area contributed by atoms with Crippen LogP contribution in [0.5, 0.6) is 0 Å². The number of benzene rings is 1. The van der Waals surface area contributed by atoms with E-state index in [1.165, 1.54) is 0 Å². The van der Waals surface area contributed by atoms with E-state index in [2.05, 4.69) is 9.68 Å². The summed E-state index contributed by atoms with van der Waals surface area (Å²) in [5.74, 6) is -3.95. The average Bonchev–Trinajstić information content (AvgIpc) is 3.43. The standard InChI is InChI=1S/C19H19N3O5S2/c1-10-7-11(2)16(14(8-10)13(4)23)21-18(24)17-15(5-6-28-17)29(25,26)22-19-12(3)9-20-27-19/h5-9,22H,1-4H3,(H,21,24)/i1D3,2D3,3D3,4D3,9D. The van der Waals surface area contributed by atoms with Crippen molar-refractivity contribution in [1.82, 2.24) is 5.16 Å². The number of sulfonamides is 1. The highest BCUT2D eigenvalue weighted by atomic mass is 32.2. The Kier molecular flexibility index (Phi) is 2.60. The van der Waals surface area contributed by atoms with Crippen molar-refractivity contribution in [3.05, 3.63) is 56.9 Å². The van der Waals surface area contributed by atoms with Crippen LogP contribution in [0.4, 0.5) is 11.6 Å². The first-order chi connectivity index (χ1) is 18.9. The molecule has 3 aromatic rings. The Hall–Kier alpha value is -2.98. The number of hydrogen-bond acceptors (Lipinski definition) is 7. The van der Waals surface area contributed by atoms with E-state index in [4.69, 9.17) is 17.8 Å². The van der Waals surface area contributed by atoms with Gasteiger partial charge in [0.05, 0.1) is 13.2 Å². The van der Waals surface area contributed by atoms with Crippen LogP contribution in [0.3, 0.4) is 0 Å². The molecule has 29 heavy (non-hydrogen) atoms. The molecule has 0 aliphatic heterocycles. The second-order valence-electron chi connectivity index (χ2n) is 5.45. The summed E-state index contributed by atoms with van der Waals surface area (Å²) in [6.45, 7) is -12.6. The highest BCUT2D eigenvalue weighted by Gasteiger charge is 2.27. The zero-order valence-electron chi connectivity index (χ0n) is 27.1. The molecule has 2 N–H and O–H groups in total. The minimum Gasteiger partial charge on any atom is -0.338 e. The molecule has 0 saturated carbocycles. The van der Waals surface area contributed by atoms with E-state index in [0.29, 0.717) is 23.5 Å². The lowest BCUT2D eigenvalue weighted by molar-refractivity contribution is 0.101. The third kappa shape index (κ3) is 4.22. The van der Waals surface area contributed by atoms with Gasteiger partial charge in [0.15, 0.2) is 5.78 Å². The van der Waals surface area contributed by atoms with Gasteiger partial charge in [0.2, 0.25) is 5.88 Å². The lowest BCUT2D eigenvalue weighted by atomic mass is 10.0. The van der Waals surface area contributed by atoms with E-state index in [0.717, 1.165) is 11.4 Å². The second kappa shape index (κ2) is 7.80. The number of carbonyl (C=O) groups excluding carboxylic acids is 2. The summed E-state index contributed by atoms with van der Waals surface area (Å²) in [6, 6.07) is 2.18. The summed E-state index contributed by atoms with van der Waals surface area (Å²) in [5, 5.41) is 6.29. The van der Waals surface area contributed by atoms with Gasteiger partial charge in [-0.3, -0.25) is 9.59 Å². The summed E-state index contributed by atoms with van der Waals surface area (Å²) in [7, 11) is -4.83. The molecule has 0 aliphatic carbocycles. The van der Waals surface area contributed by atoms with Crippen molar-refractivity contribution in [2.24, 2.45) is 0 Å². The van der Waals surface area contributed by atoms with E-state index < -0.39 is 98.9 Å². The summed E-state index contributed by atoms with van der Waals surface area (Å²) >= 11 is 0.518. The molecule has 0 bridgehead atoms. The molecule has 0 spiro atoms. The normalized spacial score (nSPS) is 19.7. The maximum absolute atomic E-state index is 13.3. The molecule has 0 fully saturated rings. The Morgan fingerprint density at radius 2 is 2.07 bits per heavy atom. The van der Waals surface area contributed by atoms with Crippen LogP contribution in [0.1, 0.15) is 61.4 Å². The summed E-state index contributed by atoms with van der Waals surface area (Å²) in [6.07, 6.45) is -0.875. The molecule has 0 radical (unpaired) electrons. The minimum absolute atomic E-state index is 0.518. The van der Waals surface area contributed by atoms with Gasteiger partial charge in [-0.1, -0.05) is 11.2 Å². The van der Waals surface area contributed by atoms with Crippen LogP contribution in [0.15, 0.2) is 39.2 Å². The number of rotatable bonds is 6. The zero-order valence-corrected chi connectivity index (χ0v) is 15.7. The first-order valence-corrected chi connectivity index (χ1v) is 9.84. The van der Waals surface area contributed by atoms with Crippen LogP contribution in [0, 0.1) is 20.6 Å². The molecule has 0 aliphatic rings. The fourth-order valence-corrected chi connectivity index (χ4v) is 4.58. The van der Waals surface area contributed by atoms with Crippen molar-refractivity contribution >= 4 is 44.6 Å². The van der Waals surface area contributed by atoms with Crippen molar-refractivity contribution in [1.29, 1.82) is 0 Å². The van der Waals surface area contributed by atoms with E-state index in [1.807, 2.05) is 5.32 Å². The number of aryl methyl sites for hydroxylation is 2.